The summed E-state index contributed by atoms with van der Waals surface area (Å²) < 4.78 is 1.86. The molecule has 0 fully saturated rings. The molecule has 0 aliphatic carbocycles. The lowest BCUT2D eigenvalue weighted by atomic mass is 10.4. The summed E-state index contributed by atoms with van der Waals surface area (Å²) in [7, 11) is 0. The summed E-state index contributed by atoms with van der Waals surface area (Å²) in [5.41, 5.74) is 10.5. The predicted octanol–water partition coefficient (Wildman–Crippen LogP) is 0.512. The standard InChI is InChI=1S/C6H10N4OS.ClH/c1-2-10-4(8)3(7)5(11)9-6(10)12;/h2,7-8H2,1H3,(H,9,11,12);1H. The number of hydrogen-bond acceptors (Lipinski definition) is 4. The van der Waals surface area contributed by atoms with Gasteiger partial charge in [0.25, 0.3) is 5.56 Å². The predicted molar refractivity (Wildman–Crippen MR) is 57.6 cm³/mol. The van der Waals surface area contributed by atoms with E-state index < -0.39 is 5.56 Å². The van der Waals surface area contributed by atoms with Crippen molar-refractivity contribution in [2.45, 2.75) is 13.5 Å². The molecule has 13 heavy (non-hydrogen) atoms. The zero-order valence-electron chi connectivity index (χ0n) is 7.03. The molecule has 0 aromatic carbocycles. The number of rotatable bonds is 1. The van der Waals surface area contributed by atoms with Crippen molar-refractivity contribution in [3.05, 3.63) is 15.1 Å². The number of aromatic amines is 1. The van der Waals surface area contributed by atoms with Gasteiger partial charge in [0.05, 0.1) is 0 Å². The molecule has 1 rings (SSSR count). The van der Waals surface area contributed by atoms with E-state index in [0.717, 1.165) is 0 Å². The number of aromatic nitrogens is 2. The molecule has 0 aliphatic rings. The second-order valence-corrected chi connectivity index (χ2v) is 2.69. The fourth-order valence-corrected chi connectivity index (χ4v) is 1.24. The van der Waals surface area contributed by atoms with E-state index >= 15 is 0 Å². The molecule has 5 nitrogen and oxygen atoms in total. The van der Waals surface area contributed by atoms with E-state index in [1.807, 2.05) is 6.92 Å². The molecule has 74 valence electrons. The zero-order chi connectivity index (χ0) is 9.30. The molecular weight excluding hydrogens is 212 g/mol. The van der Waals surface area contributed by atoms with Crippen molar-refractivity contribution in [3.8, 4) is 0 Å². The van der Waals surface area contributed by atoms with Crippen LogP contribution < -0.4 is 17.0 Å². The first-order valence-electron chi connectivity index (χ1n) is 3.46. The van der Waals surface area contributed by atoms with Crippen molar-refractivity contribution >= 4 is 36.1 Å². The average Bonchev–Trinajstić information content (AvgIpc) is 2.01. The van der Waals surface area contributed by atoms with Gasteiger partial charge in [0.15, 0.2) is 4.77 Å². The largest absolute Gasteiger partial charge is 0.391 e. The van der Waals surface area contributed by atoms with Crippen molar-refractivity contribution in [2.24, 2.45) is 0 Å². The Kier molecular flexibility index (Phi) is 3.96. The summed E-state index contributed by atoms with van der Waals surface area (Å²) in [5, 5.41) is 0. The molecule has 0 atom stereocenters. The monoisotopic (exact) mass is 222 g/mol. The Morgan fingerprint density at radius 3 is 2.54 bits per heavy atom. The fourth-order valence-electron chi connectivity index (χ4n) is 0.917. The minimum Gasteiger partial charge on any atom is -0.391 e. The van der Waals surface area contributed by atoms with Crippen LogP contribution in [-0.2, 0) is 6.54 Å². The van der Waals surface area contributed by atoms with Crippen LogP contribution in [0, 0.1) is 4.77 Å². The van der Waals surface area contributed by atoms with E-state index in [-0.39, 0.29) is 23.9 Å². The Morgan fingerprint density at radius 2 is 2.08 bits per heavy atom. The second-order valence-electron chi connectivity index (χ2n) is 2.30. The number of nitrogen functional groups attached to an aromatic ring is 2. The van der Waals surface area contributed by atoms with Gasteiger partial charge in [0.1, 0.15) is 11.5 Å². The zero-order valence-corrected chi connectivity index (χ0v) is 8.67. The molecule has 7 heteroatoms. The SMILES string of the molecule is CCn1c(N)c(N)c(=O)[nH]c1=S.Cl. The lowest BCUT2D eigenvalue weighted by Gasteiger charge is -2.08. The normalized spacial score (nSPS) is 9.31. The maximum Gasteiger partial charge on any atom is 0.277 e. The topological polar surface area (TPSA) is 89.8 Å². The van der Waals surface area contributed by atoms with Crippen molar-refractivity contribution in [1.29, 1.82) is 0 Å². The van der Waals surface area contributed by atoms with Crippen molar-refractivity contribution in [2.75, 3.05) is 11.5 Å². The summed E-state index contributed by atoms with van der Waals surface area (Å²) in [6.07, 6.45) is 0. The molecule has 1 aromatic rings. The first-order valence-corrected chi connectivity index (χ1v) is 3.86. The van der Waals surface area contributed by atoms with Gasteiger partial charge in [-0.05, 0) is 19.1 Å². The Bertz CT molecular complexity index is 410. The van der Waals surface area contributed by atoms with Gasteiger partial charge in [-0.15, -0.1) is 12.4 Å². The third-order valence-corrected chi connectivity index (χ3v) is 1.92. The number of halogens is 1. The van der Waals surface area contributed by atoms with Gasteiger partial charge in [0, 0.05) is 6.54 Å². The third kappa shape index (κ3) is 2.02. The minimum absolute atomic E-state index is 0. The number of H-pyrrole nitrogens is 1. The van der Waals surface area contributed by atoms with Gasteiger partial charge in [-0.25, -0.2) is 0 Å². The maximum absolute atomic E-state index is 11.0. The molecule has 0 amide bonds. The molecule has 5 N–H and O–H groups in total. The quantitative estimate of drug-likeness (QED) is 0.604. The van der Waals surface area contributed by atoms with Gasteiger partial charge < -0.3 is 16.0 Å². The Labute approximate surface area is 86.2 Å². The number of nitrogens with two attached hydrogens (primary N) is 2. The molecule has 1 heterocycles. The van der Waals surface area contributed by atoms with Crippen molar-refractivity contribution in [3.63, 3.8) is 0 Å². The maximum atomic E-state index is 11.0. The Morgan fingerprint density at radius 1 is 1.54 bits per heavy atom. The van der Waals surface area contributed by atoms with E-state index in [0.29, 0.717) is 11.3 Å². The van der Waals surface area contributed by atoms with Crippen molar-refractivity contribution < 1.29 is 0 Å². The van der Waals surface area contributed by atoms with E-state index in [9.17, 15) is 4.79 Å². The van der Waals surface area contributed by atoms with Gasteiger partial charge in [0.2, 0.25) is 0 Å². The molecule has 0 spiro atoms. The summed E-state index contributed by atoms with van der Waals surface area (Å²) >= 11 is 4.86. The summed E-state index contributed by atoms with van der Waals surface area (Å²) in [4.78, 5) is 13.4. The molecular formula is C6H11ClN4OS. The lowest BCUT2D eigenvalue weighted by molar-refractivity contribution is 0.730. The van der Waals surface area contributed by atoms with Crippen molar-refractivity contribution in [1.82, 2.24) is 9.55 Å². The molecule has 0 bridgehead atoms. The van der Waals surface area contributed by atoms with E-state index in [4.69, 9.17) is 23.7 Å². The van der Waals surface area contributed by atoms with Crippen LogP contribution in [0.15, 0.2) is 4.79 Å². The van der Waals surface area contributed by atoms with E-state index in [1.54, 1.807) is 4.57 Å². The lowest BCUT2D eigenvalue weighted by Crippen LogP contribution is -2.21. The van der Waals surface area contributed by atoms with Gasteiger partial charge in [-0.3, -0.25) is 9.78 Å². The van der Waals surface area contributed by atoms with Crippen LogP contribution in [0.2, 0.25) is 0 Å². The average molecular weight is 223 g/mol. The van der Waals surface area contributed by atoms with E-state index in [1.165, 1.54) is 0 Å². The van der Waals surface area contributed by atoms with Crippen LogP contribution in [0.1, 0.15) is 6.92 Å². The summed E-state index contributed by atoms with van der Waals surface area (Å²) in [5.74, 6) is 0.228. The summed E-state index contributed by atoms with van der Waals surface area (Å²) in [6.45, 7) is 2.45. The number of anilines is 2. The van der Waals surface area contributed by atoms with Crippen LogP contribution in [0.3, 0.4) is 0 Å². The Balaban J connectivity index is 0.00000144. The molecule has 1 aromatic heterocycles. The first kappa shape index (κ1) is 12.0. The highest BCUT2D eigenvalue weighted by molar-refractivity contribution is 7.71. The number of hydrogen-bond donors (Lipinski definition) is 3. The smallest absolute Gasteiger partial charge is 0.277 e. The molecule has 0 saturated carbocycles. The van der Waals surface area contributed by atoms with Crippen LogP contribution in [0.25, 0.3) is 0 Å². The van der Waals surface area contributed by atoms with Crippen LogP contribution >= 0.6 is 24.6 Å². The van der Waals surface area contributed by atoms with Gasteiger partial charge in [-0.2, -0.15) is 0 Å². The fraction of sp³-hybridized carbons (Fsp3) is 0.333. The third-order valence-electron chi connectivity index (χ3n) is 1.59. The summed E-state index contributed by atoms with van der Waals surface area (Å²) in [6, 6.07) is 0. The number of nitrogens with one attached hydrogen (secondary N) is 1. The highest BCUT2D eigenvalue weighted by Gasteiger charge is 2.04. The van der Waals surface area contributed by atoms with Crippen LogP contribution in [0.5, 0.6) is 0 Å². The number of nitrogens with zero attached hydrogens (tertiary/aromatic N) is 1. The van der Waals surface area contributed by atoms with Gasteiger partial charge in [-0.1, -0.05) is 0 Å². The van der Waals surface area contributed by atoms with Crippen LogP contribution in [0.4, 0.5) is 11.5 Å². The Hall–Kier alpha value is -1.01. The van der Waals surface area contributed by atoms with Crippen LogP contribution in [-0.4, -0.2) is 9.55 Å². The molecule has 0 aliphatic heterocycles. The minimum atomic E-state index is -0.429. The highest BCUT2D eigenvalue weighted by atomic mass is 35.5. The first-order chi connectivity index (χ1) is 5.57. The molecule has 0 saturated heterocycles. The molecule has 0 unspecified atom stereocenters. The molecule has 0 radical (unpaired) electrons. The van der Waals surface area contributed by atoms with E-state index in [2.05, 4.69) is 4.98 Å². The second kappa shape index (κ2) is 4.29. The van der Waals surface area contributed by atoms with Gasteiger partial charge >= 0.3 is 0 Å². The highest BCUT2D eigenvalue weighted by Crippen LogP contribution is 2.07.